The molecule has 4 rings (SSSR count). The third kappa shape index (κ3) is 5.08. The summed E-state index contributed by atoms with van der Waals surface area (Å²) in [5, 5.41) is 7.43. The molecule has 0 bridgehead atoms. The van der Waals surface area contributed by atoms with Crippen LogP contribution in [-0.2, 0) is 6.54 Å². The fraction of sp³-hybridized carbons (Fsp3) is 0.583. The Hall–Kier alpha value is -2.14. The van der Waals surface area contributed by atoms with E-state index in [1.165, 1.54) is 51.6 Å². The third-order valence-corrected chi connectivity index (χ3v) is 6.66. The lowest BCUT2D eigenvalue weighted by Gasteiger charge is -2.36. The van der Waals surface area contributed by atoms with Gasteiger partial charge in [0.15, 0.2) is 0 Å². The number of hydrogen-bond donors (Lipinski definition) is 1. The van der Waals surface area contributed by atoms with Crippen LogP contribution in [0.1, 0.15) is 72.5 Å². The van der Waals surface area contributed by atoms with Crippen molar-refractivity contribution in [3.8, 4) is 0 Å². The first-order chi connectivity index (χ1) is 14.2. The smallest absolute Gasteiger partial charge is 0.257 e. The molecule has 29 heavy (non-hydrogen) atoms. The number of amides is 1. The highest BCUT2D eigenvalue weighted by molar-refractivity contribution is 5.95. The largest absolute Gasteiger partial charge is 0.337 e. The number of benzene rings is 1. The van der Waals surface area contributed by atoms with Crippen molar-refractivity contribution in [3.63, 3.8) is 0 Å². The lowest BCUT2D eigenvalue weighted by molar-refractivity contribution is 0.0782. The van der Waals surface area contributed by atoms with Crippen LogP contribution in [0, 0.1) is 5.92 Å². The van der Waals surface area contributed by atoms with Crippen molar-refractivity contribution in [2.24, 2.45) is 5.92 Å². The maximum Gasteiger partial charge on any atom is 0.257 e. The molecule has 1 saturated heterocycles. The van der Waals surface area contributed by atoms with Crippen LogP contribution in [0.3, 0.4) is 0 Å². The van der Waals surface area contributed by atoms with Crippen molar-refractivity contribution < 1.29 is 4.79 Å². The molecule has 1 aromatic heterocycles. The Morgan fingerprint density at radius 2 is 1.93 bits per heavy atom. The molecule has 5 heteroatoms. The van der Waals surface area contributed by atoms with Gasteiger partial charge in [-0.1, -0.05) is 49.6 Å². The van der Waals surface area contributed by atoms with Crippen molar-refractivity contribution in [1.29, 1.82) is 0 Å². The lowest BCUT2D eigenvalue weighted by atomic mass is 9.87. The van der Waals surface area contributed by atoms with Gasteiger partial charge in [0.1, 0.15) is 0 Å². The second kappa shape index (κ2) is 9.57. The summed E-state index contributed by atoms with van der Waals surface area (Å²) < 4.78 is 0. The maximum atomic E-state index is 13.1. The predicted octanol–water partition coefficient (Wildman–Crippen LogP) is 4.44. The molecule has 1 atom stereocenters. The van der Waals surface area contributed by atoms with E-state index < -0.39 is 0 Å². The van der Waals surface area contributed by atoms with Crippen LogP contribution >= 0.6 is 0 Å². The SMILES string of the molecule is CN(Cc1ccccc1)C(=O)c1cn[nH]c1[C@@H]1CCCN(CC2CCCCC2)C1. The molecule has 1 saturated carbocycles. The number of carbonyl (C=O) groups excluding carboxylic acids is 1. The molecular weight excluding hydrogens is 360 g/mol. The Kier molecular flexibility index (Phi) is 6.65. The van der Waals surface area contributed by atoms with Gasteiger partial charge in [-0.3, -0.25) is 9.89 Å². The fourth-order valence-electron chi connectivity index (χ4n) is 5.10. The topological polar surface area (TPSA) is 52.2 Å². The Bertz CT molecular complexity index is 781. The maximum absolute atomic E-state index is 13.1. The van der Waals surface area contributed by atoms with Crippen molar-refractivity contribution in [3.05, 3.63) is 53.3 Å². The van der Waals surface area contributed by atoms with Gasteiger partial charge in [0.25, 0.3) is 5.91 Å². The Labute approximate surface area is 174 Å². The first-order valence-electron chi connectivity index (χ1n) is 11.3. The van der Waals surface area contributed by atoms with Crippen molar-refractivity contribution in [2.75, 3.05) is 26.7 Å². The van der Waals surface area contributed by atoms with E-state index >= 15 is 0 Å². The molecule has 2 heterocycles. The second-order valence-electron chi connectivity index (χ2n) is 8.95. The average molecular weight is 395 g/mol. The Balaban J connectivity index is 1.40. The Morgan fingerprint density at radius 1 is 1.14 bits per heavy atom. The highest BCUT2D eigenvalue weighted by atomic mass is 16.2. The third-order valence-electron chi connectivity index (χ3n) is 6.66. The highest BCUT2D eigenvalue weighted by Crippen LogP contribution is 2.31. The summed E-state index contributed by atoms with van der Waals surface area (Å²) in [5.41, 5.74) is 2.92. The summed E-state index contributed by atoms with van der Waals surface area (Å²) in [6, 6.07) is 10.1. The van der Waals surface area contributed by atoms with Gasteiger partial charge < -0.3 is 9.80 Å². The minimum atomic E-state index is 0.0574. The van der Waals surface area contributed by atoms with E-state index in [1.807, 2.05) is 25.2 Å². The van der Waals surface area contributed by atoms with E-state index in [0.717, 1.165) is 35.7 Å². The molecule has 0 unspecified atom stereocenters. The van der Waals surface area contributed by atoms with E-state index in [-0.39, 0.29) is 5.91 Å². The predicted molar refractivity (Wildman–Crippen MR) is 116 cm³/mol. The molecule has 1 N–H and O–H groups in total. The van der Waals surface area contributed by atoms with Gasteiger partial charge in [0.2, 0.25) is 0 Å². The summed E-state index contributed by atoms with van der Waals surface area (Å²) in [6.07, 6.45) is 11.0. The second-order valence-corrected chi connectivity index (χ2v) is 8.95. The number of likely N-dealkylation sites (tertiary alicyclic amines) is 1. The summed E-state index contributed by atoms with van der Waals surface area (Å²) >= 11 is 0. The van der Waals surface area contributed by atoms with Gasteiger partial charge in [-0.15, -0.1) is 0 Å². The zero-order chi connectivity index (χ0) is 20.1. The van der Waals surface area contributed by atoms with Crippen molar-refractivity contribution in [1.82, 2.24) is 20.0 Å². The fourth-order valence-corrected chi connectivity index (χ4v) is 5.10. The molecule has 1 aliphatic carbocycles. The molecular formula is C24H34N4O. The molecule has 156 valence electrons. The van der Waals surface area contributed by atoms with Gasteiger partial charge in [0.05, 0.1) is 17.5 Å². The number of H-pyrrole nitrogens is 1. The molecule has 1 amide bonds. The monoisotopic (exact) mass is 394 g/mol. The molecule has 0 radical (unpaired) electrons. The first kappa shape index (κ1) is 20.1. The number of aromatic amines is 1. The van der Waals surface area contributed by atoms with E-state index in [4.69, 9.17) is 0 Å². The standard InChI is InChI=1S/C24H34N4O/c1-27(16-19-9-4-2-5-10-19)24(29)22-15-25-26-23(22)21-13-8-14-28(18-21)17-20-11-6-3-7-12-20/h2,4-5,9-10,15,20-21H,3,6-8,11-14,16-18H2,1H3,(H,25,26)/t21-/m1/s1. The number of carbonyl (C=O) groups is 1. The summed E-state index contributed by atoms with van der Waals surface area (Å²) in [6.45, 7) is 4.07. The Morgan fingerprint density at radius 3 is 2.72 bits per heavy atom. The number of nitrogens with one attached hydrogen (secondary N) is 1. The van der Waals surface area contributed by atoms with Crippen LogP contribution < -0.4 is 0 Å². The van der Waals surface area contributed by atoms with Gasteiger partial charge in [-0.2, -0.15) is 5.10 Å². The van der Waals surface area contributed by atoms with Crippen molar-refractivity contribution in [2.45, 2.75) is 57.4 Å². The normalized spacial score (nSPS) is 21.2. The lowest BCUT2D eigenvalue weighted by Crippen LogP contribution is -2.39. The van der Waals surface area contributed by atoms with Gasteiger partial charge >= 0.3 is 0 Å². The summed E-state index contributed by atoms with van der Waals surface area (Å²) in [5.74, 6) is 1.29. The van der Waals surface area contributed by atoms with E-state index in [9.17, 15) is 4.79 Å². The number of rotatable bonds is 6. The number of aromatic nitrogens is 2. The van der Waals surface area contributed by atoms with Crippen LogP contribution in [0.15, 0.2) is 36.5 Å². The first-order valence-corrected chi connectivity index (χ1v) is 11.3. The summed E-state index contributed by atoms with van der Waals surface area (Å²) in [4.78, 5) is 17.6. The number of piperidine rings is 1. The van der Waals surface area contributed by atoms with Crippen LogP contribution in [0.5, 0.6) is 0 Å². The van der Waals surface area contributed by atoms with Crippen LogP contribution in [0.2, 0.25) is 0 Å². The van der Waals surface area contributed by atoms with Crippen LogP contribution in [0.4, 0.5) is 0 Å². The molecule has 2 fully saturated rings. The van der Waals surface area contributed by atoms with E-state index in [1.54, 1.807) is 11.1 Å². The molecule has 0 spiro atoms. The zero-order valence-corrected chi connectivity index (χ0v) is 17.6. The molecule has 1 aromatic carbocycles. The van der Waals surface area contributed by atoms with Crippen molar-refractivity contribution >= 4 is 5.91 Å². The number of hydrogen-bond acceptors (Lipinski definition) is 3. The number of nitrogens with zero attached hydrogens (tertiary/aromatic N) is 3. The van der Waals surface area contributed by atoms with Crippen LogP contribution in [0.25, 0.3) is 0 Å². The average Bonchev–Trinajstić information content (AvgIpc) is 3.25. The minimum Gasteiger partial charge on any atom is -0.337 e. The highest BCUT2D eigenvalue weighted by Gasteiger charge is 2.29. The van der Waals surface area contributed by atoms with Gasteiger partial charge in [0, 0.05) is 32.6 Å². The quantitative estimate of drug-likeness (QED) is 0.788. The van der Waals surface area contributed by atoms with E-state index in [0.29, 0.717) is 12.5 Å². The van der Waals surface area contributed by atoms with Crippen LogP contribution in [-0.4, -0.2) is 52.6 Å². The zero-order valence-electron chi connectivity index (χ0n) is 17.6. The molecule has 5 nitrogen and oxygen atoms in total. The minimum absolute atomic E-state index is 0.0574. The summed E-state index contributed by atoms with van der Waals surface area (Å²) in [7, 11) is 1.88. The molecule has 2 aromatic rings. The molecule has 2 aliphatic rings. The molecule has 1 aliphatic heterocycles. The van der Waals surface area contributed by atoms with E-state index in [2.05, 4.69) is 27.2 Å². The van der Waals surface area contributed by atoms with Gasteiger partial charge in [-0.25, -0.2) is 0 Å². The van der Waals surface area contributed by atoms with Gasteiger partial charge in [-0.05, 0) is 43.7 Å².